The van der Waals surface area contributed by atoms with Crippen molar-refractivity contribution >= 4 is 5.97 Å². The van der Waals surface area contributed by atoms with E-state index in [4.69, 9.17) is 11.2 Å². The van der Waals surface area contributed by atoms with Crippen LogP contribution in [-0.2, 0) is 9.53 Å². The van der Waals surface area contributed by atoms with Gasteiger partial charge >= 0.3 is 5.97 Å². The van der Waals surface area contributed by atoms with Crippen LogP contribution >= 0.6 is 0 Å². The van der Waals surface area contributed by atoms with Crippen molar-refractivity contribution in [2.75, 3.05) is 0 Å². The van der Waals surface area contributed by atoms with Crippen LogP contribution in [-0.4, -0.2) is 12.1 Å². The molecule has 2 nitrogen and oxygen atoms in total. The van der Waals surface area contributed by atoms with Gasteiger partial charge in [0.15, 0.2) is 6.10 Å². The van der Waals surface area contributed by atoms with Crippen LogP contribution in [0.25, 0.3) is 0 Å². The predicted octanol–water partition coefficient (Wildman–Crippen LogP) is 2.13. The molecule has 0 radical (unpaired) electrons. The van der Waals surface area contributed by atoms with Crippen LogP contribution in [0.15, 0.2) is 0 Å². The second-order valence-corrected chi connectivity index (χ2v) is 3.98. The van der Waals surface area contributed by atoms with Gasteiger partial charge in [0.1, 0.15) is 0 Å². The molecule has 1 saturated carbocycles. The molecule has 2 heteroatoms. The lowest BCUT2D eigenvalue weighted by Gasteiger charge is -2.22. The van der Waals surface area contributed by atoms with E-state index in [9.17, 15) is 4.79 Å². The summed E-state index contributed by atoms with van der Waals surface area (Å²) in [6.45, 7) is 3.68. The zero-order chi connectivity index (χ0) is 9.90. The number of ether oxygens (including phenoxy) is 1. The number of rotatable bonds is 2. The average Bonchev–Trinajstić information content (AvgIpc) is 2.53. The summed E-state index contributed by atoms with van der Waals surface area (Å²) in [5, 5.41) is 0. The molecule has 0 aromatic heterocycles. The summed E-state index contributed by atoms with van der Waals surface area (Å²) < 4.78 is 5.11. The molecule has 13 heavy (non-hydrogen) atoms. The van der Waals surface area contributed by atoms with Gasteiger partial charge in [0.05, 0.1) is 5.41 Å². The van der Waals surface area contributed by atoms with E-state index in [-0.39, 0.29) is 11.4 Å². The first-order valence-electron chi connectivity index (χ1n) is 4.76. The molecular weight excluding hydrogens is 164 g/mol. The van der Waals surface area contributed by atoms with Gasteiger partial charge in [-0.25, -0.2) is 0 Å². The third kappa shape index (κ3) is 2.24. The standard InChI is InChI=1S/C11H16O2/c1-4-9(2)13-10(12)11(3)7-5-6-8-11/h1,9H,5-8H2,2-3H3. The van der Waals surface area contributed by atoms with E-state index >= 15 is 0 Å². The molecule has 0 N–H and O–H groups in total. The van der Waals surface area contributed by atoms with Crippen molar-refractivity contribution in [3.8, 4) is 12.3 Å². The highest BCUT2D eigenvalue weighted by Gasteiger charge is 2.38. The second kappa shape index (κ2) is 3.83. The smallest absolute Gasteiger partial charge is 0.313 e. The Labute approximate surface area is 79.7 Å². The van der Waals surface area contributed by atoms with Gasteiger partial charge in [-0.2, -0.15) is 0 Å². The van der Waals surface area contributed by atoms with Crippen molar-refractivity contribution in [2.45, 2.75) is 45.6 Å². The van der Waals surface area contributed by atoms with Gasteiger partial charge < -0.3 is 4.74 Å². The number of hydrogen-bond donors (Lipinski definition) is 0. The number of carbonyl (C=O) groups is 1. The Kier molecular flexibility index (Phi) is 2.98. The van der Waals surface area contributed by atoms with Gasteiger partial charge in [-0.3, -0.25) is 4.79 Å². The van der Waals surface area contributed by atoms with Crippen molar-refractivity contribution < 1.29 is 9.53 Å². The minimum absolute atomic E-state index is 0.129. The van der Waals surface area contributed by atoms with E-state index in [0.717, 1.165) is 25.7 Å². The highest BCUT2D eigenvalue weighted by molar-refractivity contribution is 5.77. The Hall–Kier alpha value is -0.970. The van der Waals surface area contributed by atoms with Crippen LogP contribution in [0.4, 0.5) is 0 Å². The number of terminal acetylenes is 1. The molecule has 0 bridgehead atoms. The van der Waals surface area contributed by atoms with Gasteiger partial charge in [-0.15, -0.1) is 6.42 Å². The van der Waals surface area contributed by atoms with Crippen molar-refractivity contribution in [3.63, 3.8) is 0 Å². The molecule has 1 aliphatic rings. The third-order valence-corrected chi connectivity index (χ3v) is 2.72. The number of hydrogen-bond acceptors (Lipinski definition) is 2. The molecule has 0 aromatic carbocycles. The third-order valence-electron chi connectivity index (χ3n) is 2.72. The lowest BCUT2D eigenvalue weighted by Crippen LogP contribution is -2.29. The Bertz CT molecular complexity index is 231. The first-order chi connectivity index (χ1) is 6.08. The Morgan fingerprint density at radius 3 is 2.54 bits per heavy atom. The van der Waals surface area contributed by atoms with Crippen molar-refractivity contribution in [1.82, 2.24) is 0 Å². The highest BCUT2D eigenvalue weighted by Crippen LogP contribution is 2.38. The quantitative estimate of drug-likeness (QED) is 0.480. The molecule has 72 valence electrons. The second-order valence-electron chi connectivity index (χ2n) is 3.98. The molecule has 1 aliphatic carbocycles. The summed E-state index contributed by atoms with van der Waals surface area (Å²) in [5.41, 5.74) is -0.273. The predicted molar refractivity (Wildman–Crippen MR) is 51.0 cm³/mol. The zero-order valence-corrected chi connectivity index (χ0v) is 8.30. The molecule has 1 atom stereocenters. The average molecular weight is 180 g/mol. The van der Waals surface area contributed by atoms with Gasteiger partial charge in [0, 0.05) is 0 Å². The van der Waals surface area contributed by atoms with E-state index in [1.807, 2.05) is 6.92 Å². The fourth-order valence-electron chi connectivity index (χ4n) is 1.70. The monoisotopic (exact) mass is 180 g/mol. The maximum Gasteiger partial charge on any atom is 0.313 e. The van der Waals surface area contributed by atoms with Gasteiger partial charge in [-0.1, -0.05) is 18.8 Å². The molecule has 0 saturated heterocycles. The summed E-state index contributed by atoms with van der Waals surface area (Å²) >= 11 is 0. The van der Waals surface area contributed by atoms with E-state index < -0.39 is 6.10 Å². The van der Waals surface area contributed by atoms with Crippen molar-refractivity contribution in [3.05, 3.63) is 0 Å². The molecule has 0 amide bonds. The maximum atomic E-state index is 11.6. The van der Waals surface area contributed by atoms with Crippen LogP contribution in [0.1, 0.15) is 39.5 Å². The van der Waals surface area contributed by atoms with Crippen molar-refractivity contribution in [1.29, 1.82) is 0 Å². The summed E-state index contributed by atoms with van der Waals surface area (Å²) in [6.07, 6.45) is 8.85. The van der Waals surface area contributed by atoms with Gasteiger partial charge in [0.25, 0.3) is 0 Å². The minimum atomic E-state index is -0.398. The number of carbonyl (C=O) groups excluding carboxylic acids is 1. The summed E-state index contributed by atoms with van der Waals surface area (Å²) in [5.74, 6) is 2.26. The van der Waals surface area contributed by atoms with Crippen LogP contribution in [0.3, 0.4) is 0 Å². The molecule has 0 aliphatic heterocycles. The molecular formula is C11H16O2. The van der Waals surface area contributed by atoms with E-state index in [1.54, 1.807) is 6.92 Å². The fraction of sp³-hybridized carbons (Fsp3) is 0.727. The van der Waals surface area contributed by atoms with E-state index in [0.29, 0.717) is 0 Å². The molecule has 0 spiro atoms. The van der Waals surface area contributed by atoms with E-state index in [2.05, 4.69) is 5.92 Å². The summed E-state index contributed by atoms with van der Waals surface area (Å²) in [6, 6.07) is 0. The Morgan fingerprint density at radius 2 is 2.08 bits per heavy atom. The largest absolute Gasteiger partial charge is 0.449 e. The topological polar surface area (TPSA) is 26.3 Å². The molecule has 0 heterocycles. The maximum absolute atomic E-state index is 11.6. The van der Waals surface area contributed by atoms with Crippen molar-refractivity contribution in [2.24, 2.45) is 5.41 Å². The summed E-state index contributed by atoms with van der Waals surface area (Å²) in [7, 11) is 0. The highest BCUT2D eigenvalue weighted by atomic mass is 16.5. The van der Waals surface area contributed by atoms with Crippen LogP contribution in [0, 0.1) is 17.8 Å². The Morgan fingerprint density at radius 1 is 1.54 bits per heavy atom. The molecule has 0 aromatic rings. The van der Waals surface area contributed by atoms with Crippen LogP contribution in [0.5, 0.6) is 0 Å². The SMILES string of the molecule is C#CC(C)OC(=O)C1(C)CCCC1. The van der Waals surface area contributed by atoms with E-state index in [1.165, 1.54) is 0 Å². The minimum Gasteiger partial charge on any atom is -0.449 e. The zero-order valence-electron chi connectivity index (χ0n) is 8.30. The summed E-state index contributed by atoms with van der Waals surface area (Å²) in [4.78, 5) is 11.6. The Balaban J connectivity index is 2.52. The normalized spacial score (nSPS) is 21.9. The first-order valence-corrected chi connectivity index (χ1v) is 4.76. The molecule has 1 fully saturated rings. The first kappa shape index (κ1) is 10.1. The molecule has 1 rings (SSSR count). The fourth-order valence-corrected chi connectivity index (χ4v) is 1.70. The van der Waals surface area contributed by atoms with Gasteiger partial charge in [-0.05, 0) is 26.7 Å². The lowest BCUT2D eigenvalue weighted by molar-refractivity contribution is -0.156. The van der Waals surface area contributed by atoms with Crippen LogP contribution in [0.2, 0.25) is 0 Å². The lowest BCUT2D eigenvalue weighted by atomic mass is 9.89. The number of esters is 1. The van der Waals surface area contributed by atoms with Crippen LogP contribution < -0.4 is 0 Å². The molecule has 1 unspecified atom stereocenters. The van der Waals surface area contributed by atoms with Gasteiger partial charge in [0.2, 0.25) is 0 Å².